The molecule has 6 nitrogen and oxygen atoms in total. The minimum atomic E-state index is -0.337. The Kier molecular flexibility index (Phi) is 4.49. The van der Waals surface area contributed by atoms with Gasteiger partial charge in [0.15, 0.2) is 5.78 Å². The van der Waals surface area contributed by atoms with Crippen molar-refractivity contribution < 1.29 is 9.59 Å². The summed E-state index contributed by atoms with van der Waals surface area (Å²) in [7, 11) is 1.93. The van der Waals surface area contributed by atoms with Gasteiger partial charge in [-0.15, -0.1) is 0 Å². The SMILES string of the molecule is Cn1c(-c2ccnc(NC(=O)c3cccc(Cl)c3)n2)cc2c1CCCC2=O. The highest BCUT2D eigenvalue weighted by Crippen LogP contribution is 2.29. The first kappa shape index (κ1) is 17.4. The number of benzene rings is 1. The monoisotopic (exact) mass is 380 g/mol. The Labute approximate surface area is 161 Å². The smallest absolute Gasteiger partial charge is 0.258 e. The molecule has 3 aromatic rings. The van der Waals surface area contributed by atoms with Crippen molar-refractivity contribution in [1.29, 1.82) is 0 Å². The van der Waals surface area contributed by atoms with Gasteiger partial charge in [-0.25, -0.2) is 9.97 Å². The van der Waals surface area contributed by atoms with Crippen LogP contribution in [-0.2, 0) is 13.5 Å². The van der Waals surface area contributed by atoms with E-state index in [9.17, 15) is 9.59 Å². The minimum Gasteiger partial charge on any atom is -0.346 e. The maximum absolute atomic E-state index is 12.4. The largest absolute Gasteiger partial charge is 0.346 e. The normalized spacial score (nSPS) is 13.3. The zero-order valence-electron chi connectivity index (χ0n) is 14.7. The van der Waals surface area contributed by atoms with Crippen LogP contribution < -0.4 is 5.32 Å². The van der Waals surface area contributed by atoms with Gasteiger partial charge in [-0.2, -0.15) is 0 Å². The van der Waals surface area contributed by atoms with E-state index in [0.29, 0.717) is 22.7 Å². The summed E-state index contributed by atoms with van der Waals surface area (Å²) in [6.45, 7) is 0. The molecular weight excluding hydrogens is 364 g/mol. The number of carbonyl (C=O) groups excluding carboxylic acids is 2. The van der Waals surface area contributed by atoms with Gasteiger partial charge in [-0.05, 0) is 43.2 Å². The Hall–Kier alpha value is -2.99. The number of hydrogen-bond donors (Lipinski definition) is 1. The lowest BCUT2D eigenvalue weighted by molar-refractivity contribution is 0.0970. The van der Waals surface area contributed by atoms with Crippen molar-refractivity contribution in [1.82, 2.24) is 14.5 Å². The molecular formula is C20H17ClN4O2. The van der Waals surface area contributed by atoms with E-state index >= 15 is 0 Å². The second kappa shape index (κ2) is 6.96. The Morgan fingerprint density at radius 3 is 2.85 bits per heavy atom. The number of rotatable bonds is 3. The van der Waals surface area contributed by atoms with E-state index in [2.05, 4.69) is 15.3 Å². The molecule has 1 amide bonds. The van der Waals surface area contributed by atoms with Crippen molar-refractivity contribution in [2.45, 2.75) is 19.3 Å². The maximum Gasteiger partial charge on any atom is 0.258 e. The fourth-order valence-corrected chi connectivity index (χ4v) is 3.54. The number of nitrogens with one attached hydrogen (secondary N) is 1. The summed E-state index contributed by atoms with van der Waals surface area (Å²) < 4.78 is 2.00. The number of Topliss-reactive ketones (excluding diaryl/α,β-unsaturated/α-hetero) is 1. The van der Waals surface area contributed by atoms with E-state index in [0.717, 1.165) is 29.8 Å². The van der Waals surface area contributed by atoms with Crippen LogP contribution in [0.5, 0.6) is 0 Å². The van der Waals surface area contributed by atoms with Gasteiger partial charge >= 0.3 is 0 Å². The second-order valence-corrected chi connectivity index (χ2v) is 6.89. The topological polar surface area (TPSA) is 76.9 Å². The molecule has 0 unspecified atom stereocenters. The summed E-state index contributed by atoms with van der Waals surface area (Å²) in [5.74, 6) is 0.0283. The molecule has 1 aliphatic rings. The van der Waals surface area contributed by atoms with Gasteiger partial charge in [0.25, 0.3) is 5.91 Å². The van der Waals surface area contributed by atoms with Crippen molar-refractivity contribution in [2.24, 2.45) is 7.05 Å². The number of amides is 1. The highest BCUT2D eigenvalue weighted by molar-refractivity contribution is 6.31. The zero-order chi connectivity index (χ0) is 19.0. The van der Waals surface area contributed by atoms with Crippen LogP contribution in [0.4, 0.5) is 5.95 Å². The lowest BCUT2D eigenvalue weighted by atomic mass is 9.97. The Morgan fingerprint density at radius 1 is 1.22 bits per heavy atom. The van der Waals surface area contributed by atoms with E-state index in [1.165, 1.54) is 0 Å². The van der Waals surface area contributed by atoms with Crippen molar-refractivity contribution in [3.63, 3.8) is 0 Å². The molecule has 1 aliphatic carbocycles. The number of fused-ring (bicyclic) bond motifs is 1. The average Bonchev–Trinajstić information content (AvgIpc) is 3.00. The van der Waals surface area contributed by atoms with Gasteiger partial charge in [-0.1, -0.05) is 17.7 Å². The number of hydrogen-bond acceptors (Lipinski definition) is 4. The van der Waals surface area contributed by atoms with Crippen LogP contribution in [0, 0.1) is 0 Å². The molecule has 0 fully saturated rings. The predicted octanol–water partition coefficient (Wildman–Crippen LogP) is 3.91. The summed E-state index contributed by atoms with van der Waals surface area (Å²) >= 11 is 5.93. The number of carbonyl (C=O) groups is 2. The van der Waals surface area contributed by atoms with Crippen LogP contribution in [0.15, 0.2) is 42.6 Å². The molecule has 1 aromatic carbocycles. The van der Waals surface area contributed by atoms with Crippen LogP contribution >= 0.6 is 11.6 Å². The third-order valence-electron chi connectivity index (χ3n) is 4.71. The van der Waals surface area contributed by atoms with Crippen LogP contribution in [-0.4, -0.2) is 26.2 Å². The standard InChI is InChI=1S/C20H17ClN4O2/c1-25-16-6-3-7-18(26)14(16)11-17(25)15-8-9-22-20(23-15)24-19(27)12-4-2-5-13(21)10-12/h2,4-5,8-11H,3,6-7H2,1H3,(H,22,23,24,27). The molecule has 1 N–H and O–H groups in total. The lowest BCUT2D eigenvalue weighted by Crippen LogP contribution is -2.14. The van der Waals surface area contributed by atoms with Crippen LogP contribution in [0.1, 0.15) is 39.3 Å². The lowest BCUT2D eigenvalue weighted by Gasteiger charge is -2.12. The first-order valence-corrected chi connectivity index (χ1v) is 9.03. The maximum atomic E-state index is 12.4. The van der Waals surface area contributed by atoms with E-state index < -0.39 is 0 Å². The van der Waals surface area contributed by atoms with E-state index in [1.807, 2.05) is 17.7 Å². The van der Waals surface area contributed by atoms with Crippen LogP contribution in [0.25, 0.3) is 11.4 Å². The predicted molar refractivity (Wildman–Crippen MR) is 103 cm³/mol. The fourth-order valence-electron chi connectivity index (χ4n) is 3.35. The average molecular weight is 381 g/mol. The van der Waals surface area contributed by atoms with Gasteiger partial charge in [0.1, 0.15) is 0 Å². The first-order chi connectivity index (χ1) is 13.0. The van der Waals surface area contributed by atoms with Gasteiger partial charge in [0, 0.05) is 41.5 Å². The van der Waals surface area contributed by atoms with Crippen LogP contribution in [0.2, 0.25) is 5.02 Å². The number of anilines is 1. The van der Waals surface area contributed by atoms with Crippen molar-refractivity contribution in [2.75, 3.05) is 5.32 Å². The molecule has 4 rings (SSSR count). The first-order valence-electron chi connectivity index (χ1n) is 8.65. The highest BCUT2D eigenvalue weighted by atomic mass is 35.5. The van der Waals surface area contributed by atoms with Gasteiger partial charge in [0.05, 0.1) is 11.4 Å². The molecule has 2 aromatic heterocycles. The Balaban J connectivity index is 1.64. The van der Waals surface area contributed by atoms with Crippen molar-refractivity contribution in [3.8, 4) is 11.4 Å². The molecule has 27 heavy (non-hydrogen) atoms. The summed E-state index contributed by atoms with van der Waals surface area (Å²) in [6.07, 6.45) is 3.92. The summed E-state index contributed by atoms with van der Waals surface area (Å²) in [5.41, 5.74) is 3.70. The third kappa shape index (κ3) is 3.36. The quantitative estimate of drug-likeness (QED) is 0.747. The molecule has 2 heterocycles. The van der Waals surface area contributed by atoms with Gasteiger partial charge in [-0.3, -0.25) is 14.9 Å². The molecule has 0 atom stereocenters. The number of halogens is 1. The molecule has 0 bridgehead atoms. The van der Waals surface area contributed by atoms with Gasteiger partial charge < -0.3 is 4.57 Å². The summed E-state index contributed by atoms with van der Waals surface area (Å²) in [6, 6.07) is 10.3. The van der Waals surface area contributed by atoms with Crippen molar-refractivity contribution in [3.05, 3.63) is 64.4 Å². The van der Waals surface area contributed by atoms with Gasteiger partial charge in [0.2, 0.25) is 5.95 Å². The number of aromatic nitrogens is 3. The van der Waals surface area contributed by atoms with Crippen LogP contribution in [0.3, 0.4) is 0 Å². The second-order valence-electron chi connectivity index (χ2n) is 6.46. The van der Waals surface area contributed by atoms with E-state index in [4.69, 9.17) is 11.6 Å². The minimum absolute atomic E-state index is 0.168. The summed E-state index contributed by atoms with van der Waals surface area (Å²) in [4.78, 5) is 33.1. The molecule has 0 aliphatic heterocycles. The van der Waals surface area contributed by atoms with E-state index in [-0.39, 0.29) is 17.6 Å². The highest BCUT2D eigenvalue weighted by Gasteiger charge is 2.23. The molecule has 0 saturated heterocycles. The molecule has 7 heteroatoms. The van der Waals surface area contributed by atoms with Crippen molar-refractivity contribution >= 4 is 29.2 Å². The number of ketones is 1. The Morgan fingerprint density at radius 2 is 2.07 bits per heavy atom. The molecule has 136 valence electrons. The fraction of sp³-hybridized carbons (Fsp3) is 0.200. The molecule has 0 radical (unpaired) electrons. The summed E-state index contributed by atoms with van der Waals surface area (Å²) in [5, 5.41) is 3.17. The third-order valence-corrected chi connectivity index (χ3v) is 4.94. The molecule has 0 spiro atoms. The van der Waals surface area contributed by atoms with E-state index in [1.54, 1.807) is 36.5 Å². The Bertz CT molecular complexity index is 1060. The molecule has 0 saturated carbocycles. The number of nitrogens with zero attached hydrogens (tertiary/aromatic N) is 3. The zero-order valence-corrected chi connectivity index (χ0v) is 15.5.